The smallest absolute Gasteiger partial charge is 0.418 e. The van der Waals surface area contributed by atoms with Gasteiger partial charge in [-0.25, -0.2) is 4.79 Å². The molecule has 37 heavy (non-hydrogen) atoms. The van der Waals surface area contributed by atoms with E-state index in [1.54, 1.807) is 31.3 Å². The maximum Gasteiger partial charge on any atom is 0.418 e. The van der Waals surface area contributed by atoms with Crippen LogP contribution in [0.4, 0.5) is 29.3 Å². The van der Waals surface area contributed by atoms with Crippen LogP contribution in [0.2, 0.25) is 0 Å². The number of piperidine rings is 1. The fourth-order valence-electron chi connectivity index (χ4n) is 4.74. The molecule has 3 aromatic rings. The number of ether oxygens (including phenoxy) is 2. The first-order valence-electron chi connectivity index (χ1n) is 12.1. The summed E-state index contributed by atoms with van der Waals surface area (Å²) in [7, 11) is 3.25. The lowest BCUT2D eigenvalue weighted by Gasteiger charge is -2.38. The van der Waals surface area contributed by atoms with Gasteiger partial charge in [-0.1, -0.05) is 36.4 Å². The van der Waals surface area contributed by atoms with Gasteiger partial charge in [0.15, 0.2) is 0 Å². The molecule has 0 atom stereocenters. The van der Waals surface area contributed by atoms with Crippen molar-refractivity contribution in [3.63, 3.8) is 0 Å². The van der Waals surface area contributed by atoms with Crippen molar-refractivity contribution < 1.29 is 27.4 Å². The topological polar surface area (TPSA) is 54.0 Å². The Labute approximate surface area is 214 Å². The molecular weight excluding hydrogens is 483 g/mol. The quantitative estimate of drug-likeness (QED) is 0.396. The van der Waals surface area contributed by atoms with E-state index in [-0.39, 0.29) is 11.7 Å². The van der Waals surface area contributed by atoms with Gasteiger partial charge in [0.1, 0.15) is 11.5 Å². The second kappa shape index (κ2) is 11.6. The molecule has 1 aliphatic rings. The zero-order valence-electron chi connectivity index (χ0n) is 20.8. The predicted molar refractivity (Wildman–Crippen MR) is 137 cm³/mol. The van der Waals surface area contributed by atoms with Crippen LogP contribution in [-0.2, 0) is 12.7 Å². The third-order valence-corrected chi connectivity index (χ3v) is 6.56. The maximum absolute atomic E-state index is 13.5. The number of rotatable bonds is 7. The van der Waals surface area contributed by atoms with E-state index in [9.17, 15) is 18.0 Å². The Morgan fingerprint density at radius 1 is 0.919 bits per heavy atom. The van der Waals surface area contributed by atoms with Gasteiger partial charge in [-0.15, -0.1) is 0 Å². The van der Waals surface area contributed by atoms with Crippen molar-refractivity contribution in [2.24, 2.45) is 0 Å². The predicted octanol–water partition coefficient (Wildman–Crippen LogP) is 6.43. The fourth-order valence-corrected chi connectivity index (χ4v) is 4.74. The third-order valence-electron chi connectivity index (χ3n) is 6.56. The van der Waals surface area contributed by atoms with Crippen LogP contribution < -0.4 is 19.7 Å². The van der Waals surface area contributed by atoms with Gasteiger partial charge >= 0.3 is 12.2 Å². The number of halogens is 3. The number of alkyl halides is 3. The number of hydrogen-bond donors (Lipinski definition) is 1. The third kappa shape index (κ3) is 6.17. The highest BCUT2D eigenvalue weighted by atomic mass is 19.4. The summed E-state index contributed by atoms with van der Waals surface area (Å²) in [5, 5.41) is 2.51. The van der Waals surface area contributed by atoms with Crippen LogP contribution in [-0.4, -0.2) is 44.3 Å². The molecule has 4 rings (SSSR count). The molecule has 0 unspecified atom stereocenters. The number of likely N-dealkylation sites (tertiary alicyclic amines) is 1. The maximum atomic E-state index is 13.5. The van der Waals surface area contributed by atoms with Gasteiger partial charge in [0.2, 0.25) is 0 Å². The average molecular weight is 514 g/mol. The van der Waals surface area contributed by atoms with E-state index in [4.69, 9.17) is 9.47 Å². The van der Waals surface area contributed by atoms with Crippen molar-refractivity contribution in [2.45, 2.75) is 31.6 Å². The summed E-state index contributed by atoms with van der Waals surface area (Å²) in [5.41, 5.74) is 0.445. The largest absolute Gasteiger partial charge is 0.496 e. The van der Waals surface area contributed by atoms with Crippen LogP contribution in [0.1, 0.15) is 24.0 Å². The number of carbonyl (C=O) groups is 1. The lowest BCUT2D eigenvalue weighted by Crippen LogP contribution is -2.49. The summed E-state index contributed by atoms with van der Waals surface area (Å²) in [6, 6.07) is 18.9. The van der Waals surface area contributed by atoms with E-state index in [1.165, 1.54) is 18.2 Å². The van der Waals surface area contributed by atoms with Gasteiger partial charge in [-0.05, 0) is 49.2 Å². The molecule has 1 N–H and O–H groups in total. The van der Waals surface area contributed by atoms with E-state index in [2.05, 4.69) is 10.2 Å². The summed E-state index contributed by atoms with van der Waals surface area (Å²) < 4.78 is 51.6. The summed E-state index contributed by atoms with van der Waals surface area (Å²) in [6.07, 6.45) is -3.27. The van der Waals surface area contributed by atoms with Crippen LogP contribution >= 0.6 is 0 Å². The standard InChI is InChI=1S/C28H30F3N3O3/c1-36-25-13-8-14-26(37-2)22(25)19-33-17-15-21(16-18-33)34(20-9-4-3-5-10-20)27(35)32-24-12-7-6-11-23(24)28(29,30)31/h3-14,21H,15-19H2,1-2H3,(H,32,35). The Balaban J connectivity index is 1.52. The zero-order valence-corrected chi connectivity index (χ0v) is 20.8. The van der Waals surface area contributed by atoms with Gasteiger partial charge in [-0.3, -0.25) is 9.80 Å². The number of benzene rings is 3. The first-order chi connectivity index (χ1) is 17.8. The molecule has 6 nitrogen and oxygen atoms in total. The summed E-state index contributed by atoms with van der Waals surface area (Å²) in [6.45, 7) is 2.01. The SMILES string of the molecule is COc1cccc(OC)c1CN1CCC(N(C(=O)Nc2ccccc2C(F)(F)F)c2ccccc2)CC1. The Morgan fingerprint density at radius 3 is 2.11 bits per heavy atom. The molecule has 0 radical (unpaired) electrons. The van der Waals surface area contributed by atoms with Crippen molar-refractivity contribution in [2.75, 3.05) is 37.5 Å². The van der Waals surface area contributed by atoms with Crippen LogP contribution in [0.15, 0.2) is 72.8 Å². The molecule has 0 spiro atoms. The van der Waals surface area contributed by atoms with Crippen molar-refractivity contribution in [3.8, 4) is 11.5 Å². The molecule has 0 saturated carbocycles. The average Bonchev–Trinajstić information content (AvgIpc) is 2.90. The number of amides is 2. The Hall–Kier alpha value is -3.72. The first kappa shape index (κ1) is 26.3. The highest BCUT2D eigenvalue weighted by Gasteiger charge is 2.35. The lowest BCUT2D eigenvalue weighted by molar-refractivity contribution is -0.136. The number of hydrogen-bond acceptors (Lipinski definition) is 4. The molecule has 0 bridgehead atoms. The normalized spacial score (nSPS) is 14.7. The van der Waals surface area contributed by atoms with E-state index < -0.39 is 17.8 Å². The van der Waals surface area contributed by atoms with Crippen LogP contribution in [0, 0.1) is 0 Å². The molecule has 1 saturated heterocycles. The van der Waals surface area contributed by atoms with Gasteiger partial charge in [-0.2, -0.15) is 13.2 Å². The van der Waals surface area contributed by atoms with E-state index >= 15 is 0 Å². The van der Waals surface area contributed by atoms with Crippen molar-refractivity contribution in [1.82, 2.24) is 4.90 Å². The second-order valence-corrected chi connectivity index (χ2v) is 8.83. The van der Waals surface area contributed by atoms with Crippen LogP contribution in [0.25, 0.3) is 0 Å². The molecule has 1 aliphatic heterocycles. The van der Waals surface area contributed by atoms with Crippen LogP contribution in [0.3, 0.4) is 0 Å². The zero-order chi connectivity index (χ0) is 26.4. The van der Waals surface area contributed by atoms with Crippen LogP contribution in [0.5, 0.6) is 11.5 Å². The van der Waals surface area contributed by atoms with E-state index in [1.807, 2.05) is 36.4 Å². The molecule has 0 aromatic heterocycles. The van der Waals surface area contributed by atoms with Gasteiger partial charge in [0.05, 0.1) is 31.0 Å². The Kier molecular flexibility index (Phi) is 8.23. The van der Waals surface area contributed by atoms with Gasteiger partial charge in [0, 0.05) is 31.4 Å². The molecule has 196 valence electrons. The number of nitrogens with zero attached hydrogens (tertiary/aromatic N) is 2. The summed E-state index contributed by atoms with van der Waals surface area (Å²) in [5.74, 6) is 1.49. The number of nitrogens with one attached hydrogen (secondary N) is 1. The number of methoxy groups -OCH3 is 2. The molecule has 2 amide bonds. The monoisotopic (exact) mass is 513 g/mol. The molecule has 1 heterocycles. The Bertz CT molecular complexity index is 1170. The molecule has 0 aliphatic carbocycles. The Morgan fingerprint density at radius 2 is 1.51 bits per heavy atom. The van der Waals surface area contributed by atoms with Crippen molar-refractivity contribution in [3.05, 3.63) is 83.9 Å². The second-order valence-electron chi connectivity index (χ2n) is 8.83. The number of para-hydroxylation sites is 2. The van der Waals surface area contributed by atoms with E-state index in [0.29, 0.717) is 38.2 Å². The van der Waals surface area contributed by atoms with Gasteiger partial charge < -0.3 is 14.8 Å². The van der Waals surface area contributed by atoms with Crippen molar-refractivity contribution >= 4 is 17.4 Å². The minimum absolute atomic E-state index is 0.184. The van der Waals surface area contributed by atoms with Crippen molar-refractivity contribution in [1.29, 1.82) is 0 Å². The van der Waals surface area contributed by atoms with E-state index in [0.717, 1.165) is 23.1 Å². The highest BCUT2D eigenvalue weighted by Crippen LogP contribution is 2.36. The summed E-state index contributed by atoms with van der Waals surface area (Å²) in [4.78, 5) is 17.3. The number of anilines is 2. The number of carbonyl (C=O) groups excluding carboxylic acids is 1. The lowest BCUT2D eigenvalue weighted by atomic mass is 10.0. The summed E-state index contributed by atoms with van der Waals surface area (Å²) >= 11 is 0. The minimum atomic E-state index is -4.58. The molecule has 9 heteroatoms. The fraction of sp³-hybridized carbons (Fsp3) is 0.321. The first-order valence-corrected chi connectivity index (χ1v) is 12.1. The van der Waals surface area contributed by atoms with Gasteiger partial charge in [0.25, 0.3) is 0 Å². The minimum Gasteiger partial charge on any atom is -0.496 e. The number of urea groups is 1. The highest BCUT2D eigenvalue weighted by molar-refractivity contribution is 6.02. The molecule has 1 fully saturated rings. The molecule has 3 aromatic carbocycles. The molecular formula is C28H30F3N3O3.